The number of nitrogens with zero attached hydrogens (tertiary/aromatic N) is 1. The van der Waals surface area contributed by atoms with Gasteiger partial charge in [-0.1, -0.05) is 6.58 Å². The molecule has 1 heterocycles. The highest BCUT2D eigenvalue weighted by atomic mass is 16.2. The van der Waals surface area contributed by atoms with Gasteiger partial charge in [-0.3, -0.25) is 4.90 Å². The van der Waals surface area contributed by atoms with Crippen molar-refractivity contribution in [1.82, 2.24) is 10.2 Å². The SMILES string of the molecule is C=CN1C(=O)NCC1C. The zero-order chi connectivity index (χ0) is 6.85. The number of hydrogen-bond acceptors (Lipinski definition) is 1. The van der Waals surface area contributed by atoms with E-state index in [9.17, 15) is 4.79 Å². The molecule has 2 amide bonds. The van der Waals surface area contributed by atoms with Crippen molar-refractivity contribution >= 4 is 6.03 Å². The van der Waals surface area contributed by atoms with E-state index >= 15 is 0 Å². The van der Waals surface area contributed by atoms with Crippen molar-refractivity contribution < 1.29 is 4.79 Å². The van der Waals surface area contributed by atoms with Crippen LogP contribution in [0.1, 0.15) is 6.92 Å². The number of carbonyl (C=O) groups is 1. The predicted octanol–water partition coefficient (Wildman–Crippen LogP) is 0.544. The van der Waals surface area contributed by atoms with Crippen molar-refractivity contribution in [2.24, 2.45) is 0 Å². The molecule has 3 nitrogen and oxygen atoms in total. The van der Waals surface area contributed by atoms with Crippen LogP contribution in [0.2, 0.25) is 0 Å². The van der Waals surface area contributed by atoms with Crippen molar-refractivity contribution in [2.45, 2.75) is 13.0 Å². The Hall–Kier alpha value is -0.990. The molecule has 0 saturated carbocycles. The maximum Gasteiger partial charge on any atom is 0.321 e. The van der Waals surface area contributed by atoms with Crippen LogP contribution in [0, 0.1) is 0 Å². The maximum absolute atomic E-state index is 10.8. The first kappa shape index (κ1) is 6.13. The summed E-state index contributed by atoms with van der Waals surface area (Å²) >= 11 is 0. The van der Waals surface area contributed by atoms with Gasteiger partial charge in [-0.25, -0.2) is 4.79 Å². The van der Waals surface area contributed by atoms with Crippen LogP contribution in [0.4, 0.5) is 4.79 Å². The summed E-state index contributed by atoms with van der Waals surface area (Å²) in [4.78, 5) is 12.3. The van der Waals surface area contributed by atoms with Gasteiger partial charge in [-0.15, -0.1) is 0 Å². The highest BCUT2D eigenvalue weighted by Gasteiger charge is 2.23. The van der Waals surface area contributed by atoms with Crippen molar-refractivity contribution in [1.29, 1.82) is 0 Å². The van der Waals surface area contributed by atoms with Gasteiger partial charge in [-0.2, -0.15) is 0 Å². The normalized spacial score (nSPS) is 26.1. The summed E-state index contributed by atoms with van der Waals surface area (Å²) in [5, 5.41) is 2.69. The number of rotatable bonds is 1. The number of nitrogens with one attached hydrogen (secondary N) is 1. The fourth-order valence-corrected chi connectivity index (χ4v) is 0.888. The lowest BCUT2D eigenvalue weighted by Gasteiger charge is -2.12. The maximum atomic E-state index is 10.8. The Bertz CT molecular complexity index is 144. The number of carbonyl (C=O) groups excluding carboxylic acids is 1. The van der Waals surface area contributed by atoms with Gasteiger partial charge in [0.2, 0.25) is 0 Å². The van der Waals surface area contributed by atoms with Crippen molar-refractivity contribution in [3.63, 3.8) is 0 Å². The first-order chi connectivity index (χ1) is 4.25. The molecule has 1 aliphatic heterocycles. The highest BCUT2D eigenvalue weighted by Crippen LogP contribution is 2.04. The second-order valence-corrected chi connectivity index (χ2v) is 2.12. The van der Waals surface area contributed by atoms with E-state index in [1.54, 1.807) is 11.1 Å². The van der Waals surface area contributed by atoms with E-state index in [0.29, 0.717) is 0 Å². The van der Waals surface area contributed by atoms with Gasteiger partial charge in [-0.05, 0) is 6.92 Å². The molecule has 3 heteroatoms. The Morgan fingerprint density at radius 2 is 2.67 bits per heavy atom. The summed E-state index contributed by atoms with van der Waals surface area (Å²) in [6, 6.07) is 0.215. The Morgan fingerprint density at radius 3 is 2.89 bits per heavy atom. The van der Waals surface area contributed by atoms with Crippen LogP contribution in [-0.4, -0.2) is 23.5 Å². The van der Waals surface area contributed by atoms with Crippen molar-refractivity contribution in [3.05, 3.63) is 12.8 Å². The third kappa shape index (κ3) is 0.896. The van der Waals surface area contributed by atoms with E-state index in [1.165, 1.54) is 0 Å². The second kappa shape index (κ2) is 2.09. The average molecular weight is 126 g/mol. The zero-order valence-corrected chi connectivity index (χ0v) is 5.42. The fraction of sp³-hybridized carbons (Fsp3) is 0.500. The number of amides is 2. The Balaban J connectivity index is 2.65. The fourth-order valence-electron chi connectivity index (χ4n) is 0.888. The summed E-state index contributed by atoms with van der Waals surface area (Å²) in [6.45, 7) is 6.21. The molecule has 1 fully saturated rings. The Kier molecular flexibility index (Phi) is 1.42. The molecule has 0 aromatic carbocycles. The van der Waals surface area contributed by atoms with Gasteiger partial charge in [0.15, 0.2) is 0 Å². The smallest absolute Gasteiger partial charge is 0.321 e. The quantitative estimate of drug-likeness (QED) is 0.546. The molecule has 1 unspecified atom stereocenters. The molecule has 0 radical (unpaired) electrons. The molecule has 1 saturated heterocycles. The number of hydrogen-bond donors (Lipinski definition) is 1. The van der Waals surface area contributed by atoms with Crippen molar-refractivity contribution in [2.75, 3.05) is 6.54 Å². The molecule has 0 aromatic heterocycles. The van der Waals surface area contributed by atoms with E-state index in [4.69, 9.17) is 0 Å². The minimum absolute atomic E-state index is 0.0440. The van der Waals surface area contributed by atoms with Crippen LogP contribution in [0.15, 0.2) is 12.8 Å². The Morgan fingerprint density at radius 1 is 2.00 bits per heavy atom. The Labute approximate surface area is 54.3 Å². The first-order valence-electron chi connectivity index (χ1n) is 2.94. The standard InChI is InChI=1S/C6H10N2O/c1-3-8-5(2)4-7-6(8)9/h3,5H,1,4H2,2H3,(H,7,9). The monoisotopic (exact) mass is 126 g/mol. The average Bonchev–Trinajstić information content (AvgIpc) is 2.12. The van der Waals surface area contributed by atoms with Gasteiger partial charge < -0.3 is 5.32 Å². The third-order valence-corrected chi connectivity index (χ3v) is 1.45. The van der Waals surface area contributed by atoms with E-state index in [0.717, 1.165) is 6.54 Å². The number of urea groups is 1. The summed E-state index contributed by atoms with van der Waals surface area (Å²) in [7, 11) is 0. The summed E-state index contributed by atoms with van der Waals surface area (Å²) < 4.78 is 0. The lowest BCUT2D eigenvalue weighted by Crippen LogP contribution is -2.26. The van der Waals surface area contributed by atoms with E-state index in [1.807, 2.05) is 6.92 Å². The summed E-state index contributed by atoms with van der Waals surface area (Å²) in [5.41, 5.74) is 0. The predicted molar refractivity (Wildman–Crippen MR) is 34.9 cm³/mol. The molecule has 0 aromatic rings. The van der Waals surface area contributed by atoms with Crippen LogP contribution < -0.4 is 5.32 Å². The van der Waals surface area contributed by atoms with Crippen LogP contribution in [0.5, 0.6) is 0 Å². The molecule has 1 N–H and O–H groups in total. The van der Waals surface area contributed by atoms with E-state index in [-0.39, 0.29) is 12.1 Å². The molecule has 9 heavy (non-hydrogen) atoms. The summed E-state index contributed by atoms with van der Waals surface area (Å²) in [5.74, 6) is 0. The van der Waals surface area contributed by atoms with Gasteiger partial charge in [0.1, 0.15) is 0 Å². The van der Waals surface area contributed by atoms with Gasteiger partial charge in [0, 0.05) is 12.7 Å². The molecule has 1 rings (SSSR count). The first-order valence-corrected chi connectivity index (χ1v) is 2.94. The van der Waals surface area contributed by atoms with Crippen molar-refractivity contribution in [3.8, 4) is 0 Å². The van der Waals surface area contributed by atoms with Crippen LogP contribution >= 0.6 is 0 Å². The second-order valence-electron chi connectivity index (χ2n) is 2.12. The molecule has 1 aliphatic rings. The highest BCUT2D eigenvalue weighted by molar-refractivity contribution is 5.77. The van der Waals surface area contributed by atoms with Gasteiger partial charge >= 0.3 is 6.03 Å². The van der Waals surface area contributed by atoms with Crippen LogP contribution in [-0.2, 0) is 0 Å². The summed E-state index contributed by atoms with van der Waals surface area (Å²) in [6.07, 6.45) is 1.55. The third-order valence-electron chi connectivity index (χ3n) is 1.45. The molecule has 0 bridgehead atoms. The molecule has 0 aliphatic carbocycles. The molecule has 0 spiro atoms. The van der Waals surface area contributed by atoms with Crippen LogP contribution in [0.3, 0.4) is 0 Å². The van der Waals surface area contributed by atoms with Gasteiger partial charge in [0.25, 0.3) is 0 Å². The van der Waals surface area contributed by atoms with E-state index < -0.39 is 0 Å². The molecule has 1 atom stereocenters. The van der Waals surface area contributed by atoms with Gasteiger partial charge in [0.05, 0.1) is 6.04 Å². The van der Waals surface area contributed by atoms with Crippen LogP contribution in [0.25, 0.3) is 0 Å². The lowest BCUT2D eigenvalue weighted by molar-refractivity contribution is 0.225. The molecular formula is C6H10N2O. The minimum atomic E-state index is -0.0440. The molecule has 50 valence electrons. The zero-order valence-electron chi connectivity index (χ0n) is 5.42. The van der Waals surface area contributed by atoms with E-state index in [2.05, 4.69) is 11.9 Å². The minimum Gasteiger partial charge on any atom is -0.336 e. The molecular weight excluding hydrogens is 116 g/mol. The largest absolute Gasteiger partial charge is 0.336 e. The lowest BCUT2D eigenvalue weighted by atomic mass is 10.3. The topological polar surface area (TPSA) is 32.3 Å².